The van der Waals surface area contributed by atoms with Crippen LogP contribution in [-0.4, -0.2) is 9.13 Å². The van der Waals surface area contributed by atoms with Crippen LogP contribution in [0.2, 0.25) is 5.02 Å². The van der Waals surface area contributed by atoms with Gasteiger partial charge in [0.15, 0.2) is 0 Å². The van der Waals surface area contributed by atoms with Gasteiger partial charge in [0.2, 0.25) is 0 Å². The molecule has 2 heterocycles. The molecule has 0 N–H and O–H groups in total. The summed E-state index contributed by atoms with van der Waals surface area (Å²) in [5, 5.41) is 5.73. The van der Waals surface area contributed by atoms with Gasteiger partial charge in [0.1, 0.15) is 0 Å². The molecule has 6 aromatic carbocycles. The summed E-state index contributed by atoms with van der Waals surface area (Å²) < 4.78 is 4.66. The van der Waals surface area contributed by atoms with Crippen LogP contribution in [0, 0.1) is 0 Å². The number of hydrogen-bond donors (Lipinski definition) is 0. The fraction of sp³-hybridized carbons (Fsp3) is 0. The van der Waals surface area contributed by atoms with Crippen molar-refractivity contribution in [1.82, 2.24) is 9.13 Å². The first kappa shape index (κ1) is 22.2. The molecule has 0 unspecified atom stereocenters. The van der Waals surface area contributed by atoms with E-state index in [0.29, 0.717) is 0 Å². The van der Waals surface area contributed by atoms with Gasteiger partial charge < -0.3 is 9.13 Å². The molecule has 39 heavy (non-hydrogen) atoms. The monoisotopic (exact) mass is 518 g/mol. The Morgan fingerprint density at radius 1 is 0.359 bits per heavy atom. The standard InChI is InChI=1S/C36H23ClN2/c37-26-21-25(22-28(23-26)39-35-15-7-3-11-31(35)32-12-4-8-16-36(32)39)24-17-19-27(20-18-24)38-33-13-5-1-9-29(33)30-10-2-6-14-34(30)38/h1-23H. The minimum atomic E-state index is 0.718. The Labute approximate surface area is 230 Å². The van der Waals surface area contributed by atoms with Gasteiger partial charge in [-0.05, 0) is 65.7 Å². The number of para-hydroxylation sites is 4. The van der Waals surface area contributed by atoms with E-state index in [0.717, 1.165) is 27.5 Å². The van der Waals surface area contributed by atoms with Crippen LogP contribution in [0.25, 0.3) is 66.1 Å². The molecule has 0 aliphatic carbocycles. The summed E-state index contributed by atoms with van der Waals surface area (Å²) in [6.45, 7) is 0. The first-order valence-electron chi connectivity index (χ1n) is 13.1. The lowest BCUT2D eigenvalue weighted by Crippen LogP contribution is -1.95. The lowest BCUT2D eigenvalue weighted by molar-refractivity contribution is 1.18. The van der Waals surface area contributed by atoms with Crippen LogP contribution in [0.15, 0.2) is 140 Å². The number of nitrogens with zero attached hydrogens (tertiary/aromatic N) is 2. The maximum atomic E-state index is 6.74. The SMILES string of the molecule is Clc1cc(-c2ccc(-n3c4ccccc4c4ccccc43)cc2)cc(-n2c3ccccc3c3ccccc32)c1. The molecule has 0 saturated heterocycles. The summed E-state index contributed by atoms with van der Waals surface area (Å²) in [6, 6.07) is 49.5. The maximum Gasteiger partial charge on any atom is 0.0541 e. The number of hydrogen-bond acceptors (Lipinski definition) is 0. The second kappa shape index (κ2) is 8.62. The van der Waals surface area contributed by atoms with Crippen molar-refractivity contribution in [2.75, 3.05) is 0 Å². The smallest absolute Gasteiger partial charge is 0.0541 e. The molecule has 8 aromatic rings. The van der Waals surface area contributed by atoms with E-state index in [1.165, 1.54) is 43.6 Å². The van der Waals surface area contributed by atoms with Crippen LogP contribution in [-0.2, 0) is 0 Å². The molecule has 0 bridgehead atoms. The Morgan fingerprint density at radius 2 is 0.769 bits per heavy atom. The molecule has 0 radical (unpaired) electrons. The highest BCUT2D eigenvalue weighted by Crippen LogP contribution is 2.36. The third-order valence-corrected chi connectivity index (χ3v) is 7.98. The van der Waals surface area contributed by atoms with E-state index in [-0.39, 0.29) is 0 Å². The molecular weight excluding hydrogens is 496 g/mol. The molecule has 0 aliphatic heterocycles. The van der Waals surface area contributed by atoms with E-state index >= 15 is 0 Å². The summed E-state index contributed by atoms with van der Waals surface area (Å²) in [7, 11) is 0. The largest absolute Gasteiger partial charge is 0.309 e. The van der Waals surface area contributed by atoms with Gasteiger partial charge in [0, 0.05) is 37.9 Å². The molecule has 3 heteroatoms. The Hall–Kier alpha value is -4.79. The van der Waals surface area contributed by atoms with Crippen LogP contribution in [0.4, 0.5) is 0 Å². The molecule has 0 amide bonds. The maximum absolute atomic E-state index is 6.74. The molecule has 0 aliphatic rings. The number of halogens is 1. The van der Waals surface area contributed by atoms with E-state index in [1.54, 1.807) is 0 Å². The molecule has 0 atom stereocenters. The van der Waals surface area contributed by atoms with Crippen molar-refractivity contribution in [3.63, 3.8) is 0 Å². The Morgan fingerprint density at radius 3 is 1.23 bits per heavy atom. The minimum Gasteiger partial charge on any atom is -0.309 e. The van der Waals surface area contributed by atoms with Gasteiger partial charge in [-0.15, -0.1) is 0 Å². The third kappa shape index (κ3) is 3.42. The average Bonchev–Trinajstić information content (AvgIpc) is 3.50. The molecular formula is C36H23ClN2. The zero-order valence-corrected chi connectivity index (χ0v) is 21.8. The van der Waals surface area contributed by atoms with Crippen molar-refractivity contribution in [3.8, 4) is 22.5 Å². The third-order valence-electron chi connectivity index (χ3n) is 7.76. The van der Waals surface area contributed by atoms with Crippen molar-refractivity contribution in [2.24, 2.45) is 0 Å². The Balaban J connectivity index is 1.28. The van der Waals surface area contributed by atoms with Crippen LogP contribution < -0.4 is 0 Å². The van der Waals surface area contributed by atoms with Crippen molar-refractivity contribution < 1.29 is 0 Å². The topological polar surface area (TPSA) is 9.86 Å². The van der Waals surface area contributed by atoms with Crippen LogP contribution in [0.3, 0.4) is 0 Å². The fourth-order valence-electron chi connectivity index (χ4n) is 6.07. The highest BCUT2D eigenvalue weighted by atomic mass is 35.5. The average molecular weight is 519 g/mol. The molecule has 0 fully saturated rings. The normalized spacial score (nSPS) is 11.7. The lowest BCUT2D eigenvalue weighted by Gasteiger charge is -2.13. The van der Waals surface area contributed by atoms with Gasteiger partial charge in [0.25, 0.3) is 0 Å². The zero-order chi connectivity index (χ0) is 25.9. The van der Waals surface area contributed by atoms with Crippen LogP contribution in [0.1, 0.15) is 0 Å². The number of aromatic nitrogens is 2. The summed E-state index contributed by atoms with van der Waals surface area (Å²) in [5.74, 6) is 0. The minimum absolute atomic E-state index is 0.718. The van der Waals surface area contributed by atoms with Gasteiger partial charge in [0.05, 0.1) is 22.1 Å². The molecule has 184 valence electrons. The van der Waals surface area contributed by atoms with Gasteiger partial charge in [-0.25, -0.2) is 0 Å². The van der Waals surface area contributed by atoms with Crippen molar-refractivity contribution in [1.29, 1.82) is 0 Å². The van der Waals surface area contributed by atoms with Gasteiger partial charge in [-0.1, -0.05) is 96.5 Å². The van der Waals surface area contributed by atoms with Gasteiger partial charge in [-0.3, -0.25) is 0 Å². The quantitative estimate of drug-likeness (QED) is 0.220. The highest BCUT2D eigenvalue weighted by Gasteiger charge is 2.14. The van der Waals surface area contributed by atoms with E-state index in [2.05, 4.69) is 143 Å². The van der Waals surface area contributed by atoms with E-state index < -0.39 is 0 Å². The molecule has 0 saturated carbocycles. The number of rotatable bonds is 3. The van der Waals surface area contributed by atoms with Crippen molar-refractivity contribution in [3.05, 3.63) is 145 Å². The summed E-state index contributed by atoms with van der Waals surface area (Å²) in [4.78, 5) is 0. The van der Waals surface area contributed by atoms with E-state index in [1.807, 2.05) is 6.07 Å². The van der Waals surface area contributed by atoms with E-state index in [4.69, 9.17) is 11.6 Å². The Bertz CT molecular complexity index is 2070. The summed E-state index contributed by atoms with van der Waals surface area (Å²) in [5.41, 5.74) is 9.19. The van der Waals surface area contributed by atoms with Crippen molar-refractivity contribution in [2.45, 2.75) is 0 Å². The predicted molar refractivity (Wildman–Crippen MR) is 166 cm³/mol. The number of benzene rings is 6. The predicted octanol–water partition coefficient (Wildman–Crippen LogP) is 10.2. The number of fused-ring (bicyclic) bond motifs is 6. The lowest BCUT2D eigenvalue weighted by atomic mass is 10.0. The molecule has 0 spiro atoms. The molecule has 2 nitrogen and oxygen atoms in total. The fourth-order valence-corrected chi connectivity index (χ4v) is 6.30. The van der Waals surface area contributed by atoms with E-state index in [9.17, 15) is 0 Å². The van der Waals surface area contributed by atoms with Gasteiger partial charge >= 0.3 is 0 Å². The summed E-state index contributed by atoms with van der Waals surface area (Å²) >= 11 is 6.74. The van der Waals surface area contributed by atoms with Crippen molar-refractivity contribution >= 4 is 55.2 Å². The first-order chi connectivity index (χ1) is 19.3. The highest BCUT2D eigenvalue weighted by molar-refractivity contribution is 6.31. The molecule has 2 aromatic heterocycles. The van der Waals surface area contributed by atoms with Crippen LogP contribution in [0.5, 0.6) is 0 Å². The Kier molecular flexibility index (Phi) is 4.91. The van der Waals surface area contributed by atoms with Crippen LogP contribution >= 0.6 is 11.6 Å². The second-order valence-corrected chi connectivity index (χ2v) is 10.4. The van der Waals surface area contributed by atoms with Gasteiger partial charge in [-0.2, -0.15) is 0 Å². The second-order valence-electron chi connectivity index (χ2n) is 9.98. The summed E-state index contributed by atoms with van der Waals surface area (Å²) in [6.07, 6.45) is 0. The first-order valence-corrected chi connectivity index (χ1v) is 13.5. The zero-order valence-electron chi connectivity index (χ0n) is 21.1. The molecule has 8 rings (SSSR count).